The van der Waals surface area contributed by atoms with Gasteiger partial charge in [-0.2, -0.15) is 0 Å². The van der Waals surface area contributed by atoms with Crippen LogP contribution < -0.4 is 0 Å². The number of nitrogens with zero attached hydrogens (tertiary/aromatic N) is 1. The van der Waals surface area contributed by atoms with Gasteiger partial charge in [0.05, 0.1) is 18.5 Å². The number of fused-ring (bicyclic) bond motifs is 4. The summed E-state index contributed by atoms with van der Waals surface area (Å²) in [5.74, 6) is 1.51. The number of benzene rings is 1. The van der Waals surface area contributed by atoms with Gasteiger partial charge in [0.15, 0.2) is 0 Å². The summed E-state index contributed by atoms with van der Waals surface area (Å²) in [5.41, 5.74) is 8.82. The van der Waals surface area contributed by atoms with Crippen LogP contribution >= 0.6 is 0 Å². The third-order valence-corrected chi connectivity index (χ3v) is 4.50. The molecule has 3 aliphatic rings. The summed E-state index contributed by atoms with van der Waals surface area (Å²) in [6, 6.07) is 8.56. The van der Waals surface area contributed by atoms with Gasteiger partial charge in [0.2, 0.25) is 0 Å². The molecule has 0 radical (unpaired) electrons. The Morgan fingerprint density at radius 3 is 2.85 bits per heavy atom. The van der Waals surface area contributed by atoms with Crippen LogP contribution in [0.15, 0.2) is 51.9 Å². The van der Waals surface area contributed by atoms with Crippen molar-refractivity contribution in [1.82, 2.24) is 0 Å². The Bertz CT molecular complexity index is 746. The number of hydrogen-bond acceptors (Lipinski definition) is 2. The zero-order valence-corrected chi connectivity index (χ0v) is 12.0. The van der Waals surface area contributed by atoms with Gasteiger partial charge >= 0.3 is 0 Å². The molecule has 20 heavy (non-hydrogen) atoms. The quantitative estimate of drug-likeness (QED) is 0.743. The van der Waals surface area contributed by atoms with E-state index in [1.165, 1.54) is 27.8 Å². The summed E-state index contributed by atoms with van der Waals surface area (Å²) < 4.78 is 5.57. The van der Waals surface area contributed by atoms with Crippen LogP contribution in [0.2, 0.25) is 0 Å². The highest BCUT2D eigenvalue weighted by atomic mass is 16.5. The third kappa shape index (κ3) is 1.36. The van der Waals surface area contributed by atoms with Crippen molar-refractivity contribution in [1.29, 1.82) is 0 Å². The van der Waals surface area contributed by atoms with Crippen LogP contribution in [0.4, 0.5) is 0 Å². The van der Waals surface area contributed by atoms with Crippen molar-refractivity contribution in [3.63, 3.8) is 0 Å². The third-order valence-electron chi connectivity index (χ3n) is 4.50. The Balaban J connectivity index is 1.95. The highest BCUT2D eigenvalue weighted by molar-refractivity contribution is 6.24. The first kappa shape index (κ1) is 11.7. The maximum atomic E-state index is 5.57. The molecule has 0 N–H and O–H groups in total. The molecule has 0 saturated heterocycles. The zero-order valence-electron chi connectivity index (χ0n) is 12.0. The molecular weight excluding hydrogens is 246 g/mol. The van der Waals surface area contributed by atoms with E-state index in [0.717, 1.165) is 23.6 Å². The van der Waals surface area contributed by atoms with E-state index in [4.69, 9.17) is 9.73 Å². The number of methoxy groups -OCH3 is 1. The van der Waals surface area contributed by atoms with Gasteiger partial charge < -0.3 is 4.74 Å². The molecule has 0 amide bonds. The SMILES string of the molecule is COC1=C(C)C2=NC3=Cc4ccccc4C3=C2CC1C. The van der Waals surface area contributed by atoms with Crippen molar-refractivity contribution in [2.24, 2.45) is 10.9 Å². The zero-order chi connectivity index (χ0) is 13.9. The highest BCUT2D eigenvalue weighted by Gasteiger charge is 2.36. The monoisotopic (exact) mass is 263 g/mol. The number of aliphatic imine (C=N–C) groups is 1. The maximum Gasteiger partial charge on any atom is 0.104 e. The summed E-state index contributed by atoms with van der Waals surface area (Å²) in [5, 5.41) is 0. The number of allylic oxidation sites excluding steroid dienone is 4. The summed E-state index contributed by atoms with van der Waals surface area (Å²) in [6.45, 7) is 4.36. The summed E-state index contributed by atoms with van der Waals surface area (Å²) in [4.78, 5) is 4.87. The lowest BCUT2D eigenvalue weighted by molar-refractivity contribution is 0.242. The van der Waals surface area contributed by atoms with Gasteiger partial charge in [-0.05, 0) is 36.1 Å². The molecule has 0 fully saturated rings. The van der Waals surface area contributed by atoms with Crippen molar-refractivity contribution in [3.05, 3.63) is 58.0 Å². The van der Waals surface area contributed by atoms with Crippen LogP contribution in [0.3, 0.4) is 0 Å². The van der Waals surface area contributed by atoms with E-state index in [-0.39, 0.29) is 0 Å². The van der Waals surface area contributed by atoms with Gasteiger partial charge in [-0.1, -0.05) is 31.2 Å². The van der Waals surface area contributed by atoms with Crippen molar-refractivity contribution in [2.75, 3.05) is 7.11 Å². The molecule has 1 heterocycles. The van der Waals surface area contributed by atoms with Gasteiger partial charge in [-0.15, -0.1) is 0 Å². The van der Waals surface area contributed by atoms with Crippen LogP contribution in [-0.2, 0) is 4.74 Å². The molecule has 1 aromatic carbocycles. The predicted octanol–water partition coefficient (Wildman–Crippen LogP) is 4.21. The van der Waals surface area contributed by atoms with Gasteiger partial charge in [0.25, 0.3) is 0 Å². The van der Waals surface area contributed by atoms with Crippen LogP contribution in [0, 0.1) is 5.92 Å². The summed E-state index contributed by atoms with van der Waals surface area (Å²) in [7, 11) is 1.76. The van der Waals surface area contributed by atoms with Gasteiger partial charge in [-0.3, -0.25) is 0 Å². The first-order chi connectivity index (χ1) is 9.70. The lowest BCUT2D eigenvalue weighted by atomic mass is 9.82. The average Bonchev–Trinajstić information content (AvgIpc) is 2.96. The van der Waals surface area contributed by atoms with Crippen molar-refractivity contribution in [2.45, 2.75) is 20.3 Å². The molecule has 1 aliphatic heterocycles. The standard InChI is InChI=1S/C18H17NO/c1-10-8-14-16-13-7-5-4-6-12(13)9-15(16)19-17(14)11(2)18(10)20-3/h4-7,9-10H,8H2,1-3H3. The molecule has 2 nitrogen and oxygen atoms in total. The van der Waals surface area contributed by atoms with Crippen molar-refractivity contribution < 1.29 is 4.74 Å². The molecule has 0 saturated carbocycles. The average molecular weight is 263 g/mol. The summed E-state index contributed by atoms with van der Waals surface area (Å²) >= 11 is 0. The minimum Gasteiger partial charge on any atom is -0.500 e. The van der Waals surface area contributed by atoms with Gasteiger partial charge in [0.1, 0.15) is 5.76 Å². The van der Waals surface area contributed by atoms with E-state index in [1.807, 2.05) is 0 Å². The van der Waals surface area contributed by atoms with Crippen LogP contribution in [-0.4, -0.2) is 12.8 Å². The molecule has 0 spiro atoms. The highest BCUT2D eigenvalue weighted by Crippen LogP contribution is 2.47. The number of ether oxygens (including phenoxy) is 1. The molecular formula is C18H17NO. The largest absolute Gasteiger partial charge is 0.500 e. The molecule has 1 aromatic rings. The molecule has 2 aliphatic carbocycles. The predicted molar refractivity (Wildman–Crippen MR) is 82.3 cm³/mol. The minimum absolute atomic E-state index is 0.425. The Kier molecular flexibility index (Phi) is 2.31. The Labute approximate surface area is 119 Å². The minimum atomic E-state index is 0.425. The number of hydrogen-bond donors (Lipinski definition) is 0. The fourth-order valence-electron chi connectivity index (χ4n) is 3.67. The fraction of sp³-hybridized carbons (Fsp3) is 0.278. The fourth-order valence-corrected chi connectivity index (χ4v) is 3.67. The van der Waals surface area contributed by atoms with E-state index >= 15 is 0 Å². The van der Waals surface area contributed by atoms with Crippen LogP contribution in [0.1, 0.15) is 31.4 Å². The smallest absolute Gasteiger partial charge is 0.104 e. The first-order valence-electron chi connectivity index (χ1n) is 7.09. The first-order valence-corrected chi connectivity index (χ1v) is 7.09. The summed E-state index contributed by atoms with van der Waals surface area (Å²) in [6.07, 6.45) is 3.22. The molecule has 0 bridgehead atoms. The van der Waals surface area contributed by atoms with E-state index in [0.29, 0.717) is 5.92 Å². The van der Waals surface area contributed by atoms with Crippen molar-refractivity contribution in [3.8, 4) is 0 Å². The molecule has 4 rings (SSSR count). The molecule has 1 unspecified atom stereocenters. The second-order valence-corrected chi connectivity index (χ2v) is 5.73. The second kappa shape index (κ2) is 3.95. The van der Waals surface area contributed by atoms with E-state index in [9.17, 15) is 0 Å². The maximum absolute atomic E-state index is 5.57. The normalized spacial score (nSPS) is 23.2. The molecule has 2 heteroatoms. The van der Waals surface area contributed by atoms with Gasteiger partial charge in [0, 0.05) is 17.1 Å². The second-order valence-electron chi connectivity index (χ2n) is 5.73. The lowest BCUT2D eigenvalue weighted by Gasteiger charge is -2.25. The molecule has 0 aromatic heterocycles. The Morgan fingerprint density at radius 2 is 2.05 bits per heavy atom. The van der Waals surface area contributed by atoms with Gasteiger partial charge in [-0.25, -0.2) is 4.99 Å². The Hall–Kier alpha value is -2.09. The van der Waals surface area contributed by atoms with Crippen molar-refractivity contribution >= 4 is 17.4 Å². The van der Waals surface area contributed by atoms with E-state index in [1.54, 1.807) is 7.11 Å². The molecule has 100 valence electrons. The van der Waals surface area contributed by atoms with E-state index in [2.05, 4.69) is 44.2 Å². The van der Waals surface area contributed by atoms with E-state index < -0.39 is 0 Å². The topological polar surface area (TPSA) is 21.6 Å². The lowest BCUT2D eigenvalue weighted by Crippen LogP contribution is -2.19. The Morgan fingerprint density at radius 1 is 1.25 bits per heavy atom. The van der Waals surface area contributed by atoms with Crippen LogP contribution in [0.5, 0.6) is 0 Å². The number of rotatable bonds is 1. The van der Waals surface area contributed by atoms with Crippen LogP contribution in [0.25, 0.3) is 11.6 Å². The molecule has 1 atom stereocenters.